The number of nitrogens with one attached hydrogen (secondary N) is 1. The van der Waals surface area contributed by atoms with Gasteiger partial charge in [0.2, 0.25) is 0 Å². The van der Waals surface area contributed by atoms with Gasteiger partial charge in [0.15, 0.2) is 5.65 Å². The Bertz CT molecular complexity index is 922. The second-order valence-corrected chi connectivity index (χ2v) is 6.66. The molecule has 1 fully saturated rings. The number of pyridine rings is 1. The second-order valence-electron chi connectivity index (χ2n) is 5.65. The molecule has 1 aliphatic carbocycles. The highest BCUT2D eigenvalue weighted by atomic mass is 32.2. The van der Waals surface area contributed by atoms with E-state index in [4.69, 9.17) is 5.73 Å². The molecule has 0 atom stereocenters. The molecular formula is C16H14N6S. The van der Waals surface area contributed by atoms with Crippen molar-refractivity contribution in [2.75, 3.05) is 5.73 Å². The normalized spacial score (nSPS) is 14.0. The molecule has 0 radical (unpaired) electrons. The van der Waals surface area contributed by atoms with Crippen molar-refractivity contribution in [1.82, 2.24) is 20.4 Å². The molecule has 0 bridgehead atoms. The summed E-state index contributed by atoms with van der Waals surface area (Å²) in [6.07, 6.45) is 2.50. The van der Waals surface area contributed by atoms with Crippen molar-refractivity contribution >= 4 is 28.7 Å². The van der Waals surface area contributed by atoms with Crippen LogP contribution in [0.15, 0.2) is 29.2 Å². The highest BCUT2D eigenvalue weighted by Crippen LogP contribution is 2.41. The number of nitriles is 1. The minimum absolute atomic E-state index is 0.429. The van der Waals surface area contributed by atoms with E-state index in [0.717, 1.165) is 16.0 Å². The molecule has 0 saturated heterocycles. The van der Waals surface area contributed by atoms with Gasteiger partial charge in [0.1, 0.15) is 11.3 Å². The molecule has 2 aromatic heterocycles. The largest absolute Gasteiger partial charge is 0.384 e. The van der Waals surface area contributed by atoms with Crippen molar-refractivity contribution in [3.05, 3.63) is 41.0 Å². The first-order chi connectivity index (χ1) is 11.2. The van der Waals surface area contributed by atoms with Gasteiger partial charge in [-0.15, -0.1) is 16.9 Å². The molecule has 2 heterocycles. The van der Waals surface area contributed by atoms with Crippen molar-refractivity contribution in [3.63, 3.8) is 0 Å². The van der Waals surface area contributed by atoms with Gasteiger partial charge in [0, 0.05) is 10.6 Å². The molecule has 1 saturated carbocycles. The Balaban J connectivity index is 1.64. The highest BCUT2D eigenvalue weighted by molar-refractivity contribution is 7.98. The molecule has 114 valence electrons. The van der Waals surface area contributed by atoms with Gasteiger partial charge in [-0.1, -0.05) is 17.3 Å². The number of rotatable bonds is 4. The molecule has 1 aliphatic rings. The second kappa shape index (κ2) is 5.56. The SMILES string of the molecule is N#Cc1ccc(C2CC2)cc1CSc1cc(N)nc2[nH]nnc12. The van der Waals surface area contributed by atoms with Crippen LogP contribution in [0.2, 0.25) is 0 Å². The molecule has 6 nitrogen and oxygen atoms in total. The van der Waals surface area contributed by atoms with Crippen LogP contribution in [0.1, 0.15) is 35.4 Å². The van der Waals surface area contributed by atoms with Gasteiger partial charge < -0.3 is 5.73 Å². The lowest BCUT2D eigenvalue weighted by atomic mass is 10.0. The summed E-state index contributed by atoms with van der Waals surface area (Å²) in [5.74, 6) is 1.79. The molecule has 1 aromatic carbocycles. The Morgan fingerprint density at radius 1 is 1.35 bits per heavy atom. The van der Waals surface area contributed by atoms with Gasteiger partial charge in [-0.3, -0.25) is 0 Å². The summed E-state index contributed by atoms with van der Waals surface area (Å²) in [7, 11) is 0. The van der Waals surface area contributed by atoms with Gasteiger partial charge in [-0.25, -0.2) is 10.1 Å². The van der Waals surface area contributed by atoms with Gasteiger partial charge in [0.05, 0.1) is 11.6 Å². The molecular weight excluding hydrogens is 308 g/mol. The van der Waals surface area contributed by atoms with E-state index in [1.165, 1.54) is 18.4 Å². The minimum atomic E-state index is 0.429. The smallest absolute Gasteiger partial charge is 0.179 e. The number of nitrogens with two attached hydrogens (primary N) is 1. The van der Waals surface area contributed by atoms with Crippen molar-refractivity contribution < 1.29 is 0 Å². The summed E-state index contributed by atoms with van der Waals surface area (Å²) in [6.45, 7) is 0. The van der Waals surface area contributed by atoms with Crippen molar-refractivity contribution in [2.24, 2.45) is 0 Å². The molecule has 0 spiro atoms. The van der Waals surface area contributed by atoms with Crippen LogP contribution in [0, 0.1) is 11.3 Å². The van der Waals surface area contributed by atoms with Crippen LogP contribution in [-0.4, -0.2) is 20.4 Å². The molecule has 0 unspecified atom stereocenters. The average Bonchev–Trinajstić information content (AvgIpc) is 3.30. The lowest BCUT2D eigenvalue weighted by Crippen LogP contribution is -1.94. The number of anilines is 1. The number of aromatic nitrogens is 4. The van der Waals surface area contributed by atoms with Crippen LogP contribution in [0.3, 0.4) is 0 Å². The summed E-state index contributed by atoms with van der Waals surface area (Å²) >= 11 is 1.60. The van der Waals surface area contributed by atoms with E-state index in [1.807, 2.05) is 6.07 Å². The fraction of sp³-hybridized carbons (Fsp3) is 0.250. The third kappa shape index (κ3) is 2.73. The van der Waals surface area contributed by atoms with Crippen LogP contribution in [0.4, 0.5) is 5.82 Å². The van der Waals surface area contributed by atoms with E-state index in [0.29, 0.717) is 28.7 Å². The Morgan fingerprint density at radius 2 is 2.22 bits per heavy atom. The Kier molecular flexibility index (Phi) is 3.39. The number of fused-ring (bicyclic) bond motifs is 1. The van der Waals surface area contributed by atoms with Gasteiger partial charge in [0.25, 0.3) is 0 Å². The summed E-state index contributed by atoms with van der Waals surface area (Å²) in [5.41, 5.74) is 10.2. The fourth-order valence-corrected chi connectivity index (χ4v) is 3.64. The first-order valence-electron chi connectivity index (χ1n) is 7.37. The maximum absolute atomic E-state index is 9.33. The first-order valence-corrected chi connectivity index (χ1v) is 8.36. The van der Waals surface area contributed by atoms with Gasteiger partial charge >= 0.3 is 0 Å². The highest BCUT2D eigenvalue weighted by Gasteiger charge is 2.24. The Morgan fingerprint density at radius 3 is 3.00 bits per heavy atom. The minimum Gasteiger partial charge on any atom is -0.384 e. The monoisotopic (exact) mass is 322 g/mol. The standard InChI is InChI=1S/C16H14N6S/c17-7-11-4-3-10(9-1-2-9)5-12(11)8-23-13-6-14(18)19-16-15(13)20-22-21-16/h3-6,9H,1-2,8H2,(H3,18,19,20,21,22). The molecule has 3 N–H and O–H groups in total. The molecule has 3 aromatic rings. The maximum atomic E-state index is 9.33. The molecule has 23 heavy (non-hydrogen) atoms. The van der Waals surface area contributed by atoms with E-state index in [2.05, 4.69) is 38.6 Å². The zero-order valence-electron chi connectivity index (χ0n) is 12.3. The third-order valence-corrected chi connectivity index (χ3v) is 5.04. The fourth-order valence-electron chi connectivity index (χ4n) is 2.61. The van der Waals surface area contributed by atoms with E-state index < -0.39 is 0 Å². The zero-order chi connectivity index (χ0) is 15.8. The lowest BCUT2D eigenvalue weighted by Gasteiger charge is -2.08. The zero-order valence-corrected chi connectivity index (χ0v) is 13.1. The van der Waals surface area contributed by atoms with Crippen molar-refractivity contribution in [1.29, 1.82) is 5.26 Å². The summed E-state index contributed by atoms with van der Waals surface area (Å²) in [6, 6.07) is 10.2. The van der Waals surface area contributed by atoms with Crippen LogP contribution in [-0.2, 0) is 5.75 Å². The number of benzene rings is 1. The average molecular weight is 322 g/mol. The van der Waals surface area contributed by atoms with E-state index in [9.17, 15) is 5.26 Å². The number of nitrogen functional groups attached to an aromatic ring is 1. The van der Waals surface area contributed by atoms with E-state index in [-0.39, 0.29) is 0 Å². The Hall–Kier alpha value is -2.59. The number of aromatic amines is 1. The van der Waals surface area contributed by atoms with E-state index in [1.54, 1.807) is 17.8 Å². The molecule has 7 heteroatoms. The lowest BCUT2D eigenvalue weighted by molar-refractivity contribution is 0.953. The topological polar surface area (TPSA) is 104 Å². The van der Waals surface area contributed by atoms with E-state index >= 15 is 0 Å². The maximum Gasteiger partial charge on any atom is 0.179 e. The van der Waals surface area contributed by atoms with Crippen LogP contribution in [0.5, 0.6) is 0 Å². The third-order valence-electron chi connectivity index (χ3n) is 3.97. The Labute approximate surface area is 137 Å². The predicted octanol–water partition coefficient (Wildman–Crippen LogP) is 2.98. The number of hydrogen-bond acceptors (Lipinski definition) is 6. The number of hydrogen-bond donors (Lipinski definition) is 2. The van der Waals surface area contributed by atoms with Gasteiger partial charge in [-0.05, 0) is 42.0 Å². The van der Waals surface area contributed by atoms with Crippen molar-refractivity contribution in [3.8, 4) is 6.07 Å². The summed E-state index contributed by atoms with van der Waals surface area (Å²) < 4.78 is 0. The van der Waals surface area contributed by atoms with Crippen LogP contribution >= 0.6 is 11.8 Å². The number of nitrogens with zero attached hydrogens (tertiary/aromatic N) is 4. The van der Waals surface area contributed by atoms with Crippen LogP contribution in [0.25, 0.3) is 11.2 Å². The van der Waals surface area contributed by atoms with Crippen molar-refractivity contribution in [2.45, 2.75) is 29.4 Å². The first kappa shape index (κ1) is 14.0. The number of H-pyrrole nitrogens is 1. The summed E-state index contributed by atoms with van der Waals surface area (Å²) in [5, 5.41) is 19.9. The van der Waals surface area contributed by atoms with Crippen LogP contribution < -0.4 is 5.73 Å². The predicted molar refractivity (Wildman–Crippen MR) is 88.8 cm³/mol. The quantitative estimate of drug-likeness (QED) is 0.716. The molecule has 4 rings (SSSR count). The summed E-state index contributed by atoms with van der Waals surface area (Å²) in [4.78, 5) is 5.08. The van der Waals surface area contributed by atoms with Gasteiger partial charge in [-0.2, -0.15) is 5.26 Å². The number of thioether (sulfide) groups is 1. The molecule has 0 aliphatic heterocycles. The molecule has 0 amide bonds.